The first-order valence-corrected chi connectivity index (χ1v) is 7.09. The molecular weight excluding hydrogens is 198 g/mol. The maximum atomic E-state index is 8.82. The Balaban J connectivity index is 2.26. The molecule has 0 radical (unpaired) electrons. The summed E-state index contributed by atoms with van der Waals surface area (Å²) in [5, 5.41) is 8.82. The second kappa shape index (κ2) is 8.08. The van der Waals surface area contributed by atoms with E-state index in [1.165, 1.54) is 45.2 Å². The van der Waals surface area contributed by atoms with Crippen molar-refractivity contribution in [2.75, 3.05) is 19.7 Å². The Hall–Kier alpha value is -0.0800. The molecule has 1 saturated heterocycles. The Kier molecular flexibility index (Phi) is 7.06. The summed E-state index contributed by atoms with van der Waals surface area (Å²) in [6.45, 7) is 7.47. The highest BCUT2D eigenvalue weighted by Crippen LogP contribution is 2.22. The SMILES string of the molecule is CC(C)CCC1CCCCN1CCCCO. The first kappa shape index (κ1) is 14.0. The van der Waals surface area contributed by atoms with E-state index in [0.29, 0.717) is 6.61 Å². The largest absolute Gasteiger partial charge is 0.396 e. The molecule has 16 heavy (non-hydrogen) atoms. The molecular formula is C14H29NO. The number of hydrogen-bond donors (Lipinski definition) is 1. The fraction of sp³-hybridized carbons (Fsp3) is 1.00. The quantitative estimate of drug-likeness (QED) is 0.676. The van der Waals surface area contributed by atoms with Gasteiger partial charge in [-0.2, -0.15) is 0 Å². The van der Waals surface area contributed by atoms with Gasteiger partial charge < -0.3 is 10.0 Å². The lowest BCUT2D eigenvalue weighted by Gasteiger charge is -2.36. The van der Waals surface area contributed by atoms with Crippen molar-refractivity contribution < 1.29 is 5.11 Å². The molecule has 0 aromatic carbocycles. The summed E-state index contributed by atoms with van der Waals surface area (Å²) < 4.78 is 0. The van der Waals surface area contributed by atoms with E-state index in [9.17, 15) is 0 Å². The molecule has 0 spiro atoms. The van der Waals surface area contributed by atoms with Crippen LogP contribution in [0, 0.1) is 5.92 Å². The molecule has 0 aliphatic carbocycles. The minimum absolute atomic E-state index is 0.352. The zero-order valence-electron chi connectivity index (χ0n) is 11.1. The first-order chi connectivity index (χ1) is 7.74. The lowest BCUT2D eigenvalue weighted by molar-refractivity contribution is 0.129. The maximum Gasteiger partial charge on any atom is 0.0431 e. The Bertz CT molecular complexity index is 170. The van der Waals surface area contributed by atoms with Gasteiger partial charge in [0.1, 0.15) is 0 Å². The summed E-state index contributed by atoms with van der Waals surface area (Å²) in [5.74, 6) is 0.834. The van der Waals surface area contributed by atoms with Gasteiger partial charge in [0.25, 0.3) is 0 Å². The van der Waals surface area contributed by atoms with Gasteiger partial charge in [0, 0.05) is 12.6 Å². The van der Waals surface area contributed by atoms with Crippen molar-refractivity contribution in [3.05, 3.63) is 0 Å². The zero-order valence-corrected chi connectivity index (χ0v) is 11.1. The minimum atomic E-state index is 0.352. The molecule has 0 aromatic rings. The third-order valence-corrected chi connectivity index (χ3v) is 3.68. The van der Waals surface area contributed by atoms with Gasteiger partial charge in [-0.05, 0) is 57.5 Å². The minimum Gasteiger partial charge on any atom is -0.396 e. The van der Waals surface area contributed by atoms with E-state index in [4.69, 9.17) is 5.11 Å². The summed E-state index contributed by atoms with van der Waals surface area (Å²) in [6, 6.07) is 0.829. The van der Waals surface area contributed by atoms with Crippen LogP contribution in [0.1, 0.15) is 58.8 Å². The molecule has 1 heterocycles. The van der Waals surface area contributed by atoms with Crippen LogP contribution in [0.5, 0.6) is 0 Å². The normalized spacial score (nSPS) is 22.9. The highest BCUT2D eigenvalue weighted by Gasteiger charge is 2.21. The molecule has 1 N–H and O–H groups in total. The van der Waals surface area contributed by atoms with Gasteiger partial charge in [-0.15, -0.1) is 0 Å². The number of hydrogen-bond acceptors (Lipinski definition) is 2. The first-order valence-electron chi connectivity index (χ1n) is 7.09. The standard InChI is InChI=1S/C14H29NO/c1-13(2)8-9-14-7-3-4-10-15(14)11-5-6-12-16/h13-14,16H,3-12H2,1-2H3. The molecule has 96 valence electrons. The predicted molar refractivity (Wildman–Crippen MR) is 69.6 cm³/mol. The molecule has 1 atom stereocenters. The predicted octanol–water partition coefficient (Wildman–Crippen LogP) is 3.05. The fourth-order valence-corrected chi connectivity index (χ4v) is 2.63. The van der Waals surface area contributed by atoms with Crippen molar-refractivity contribution in [3.63, 3.8) is 0 Å². The van der Waals surface area contributed by atoms with Crippen LogP contribution in [-0.2, 0) is 0 Å². The monoisotopic (exact) mass is 227 g/mol. The molecule has 0 saturated carbocycles. The molecule has 0 bridgehead atoms. The highest BCUT2D eigenvalue weighted by atomic mass is 16.2. The molecule has 1 aliphatic heterocycles. The molecule has 1 rings (SSSR count). The van der Waals surface area contributed by atoms with Gasteiger partial charge in [0.15, 0.2) is 0 Å². The van der Waals surface area contributed by atoms with Crippen LogP contribution >= 0.6 is 0 Å². The molecule has 0 aromatic heterocycles. The maximum absolute atomic E-state index is 8.82. The van der Waals surface area contributed by atoms with Gasteiger partial charge >= 0.3 is 0 Å². The van der Waals surface area contributed by atoms with Crippen LogP contribution in [0.3, 0.4) is 0 Å². The lowest BCUT2D eigenvalue weighted by atomic mass is 9.94. The third-order valence-electron chi connectivity index (χ3n) is 3.68. The van der Waals surface area contributed by atoms with Crippen molar-refractivity contribution in [2.24, 2.45) is 5.92 Å². The van der Waals surface area contributed by atoms with Gasteiger partial charge in [-0.25, -0.2) is 0 Å². The molecule has 2 heteroatoms. The average molecular weight is 227 g/mol. The van der Waals surface area contributed by atoms with E-state index in [-0.39, 0.29) is 0 Å². The number of aliphatic hydroxyl groups excluding tert-OH is 1. The van der Waals surface area contributed by atoms with Crippen LogP contribution in [0.4, 0.5) is 0 Å². The molecule has 1 unspecified atom stereocenters. The lowest BCUT2D eigenvalue weighted by Crippen LogP contribution is -2.40. The summed E-state index contributed by atoms with van der Waals surface area (Å²) in [5.41, 5.74) is 0. The van der Waals surface area contributed by atoms with Crippen LogP contribution in [0.25, 0.3) is 0 Å². The summed E-state index contributed by atoms with van der Waals surface area (Å²) in [4.78, 5) is 2.67. The molecule has 2 nitrogen and oxygen atoms in total. The number of unbranched alkanes of at least 4 members (excludes halogenated alkanes) is 1. The second-order valence-corrected chi connectivity index (χ2v) is 5.59. The number of piperidine rings is 1. The van der Waals surface area contributed by atoms with E-state index in [1.54, 1.807) is 0 Å². The van der Waals surface area contributed by atoms with E-state index >= 15 is 0 Å². The van der Waals surface area contributed by atoms with Gasteiger partial charge in [0.2, 0.25) is 0 Å². The summed E-state index contributed by atoms with van der Waals surface area (Å²) in [6.07, 6.45) is 9.04. The Labute approximate surface area is 101 Å². The number of rotatable bonds is 7. The van der Waals surface area contributed by atoms with Gasteiger partial charge in [0.05, 0.1) is 0 Å². The number of aliphatic hydroxyl groups is 1. The smallest absolute Gasteiger partial charge is 0.0431 e. The van der Waals surface area contributed by atoms with Crippen molar-refractivity contribution >= 4 is 0 Å². The van der Waals surface area contributed by atoms with E-state index in [2.05, 4.69) is 18.7 Å². The van der Waals surface area contributed by atoms with Gasteiger partial charge in [-0.3, -0.25) is 0 Å². The highest BCUT2D eigenvalue weighted by molar-refractivity contribution is 4.77. The van der Waals surface area contributed by atoms with E-state index in [0.717, 1.165) is 24.8 Å². The van der Waals surface area contributed by atoms with E-state index < -0.39 is 0 Å². The fourth-order valence-electron chi connectivity index (χ4n) is 2.63. The summed E-state index contributed by atoms with van der Waals surface area (Å²) in [7, 11) is 0. The second-order valence-electron chi connectivity index (χ2n) is 5.59. The summed E-state index contributed by atoms with van der Waals surface area (Å²) >= 11 is 0. The number of likely N-dealkylation sites (tertiary alicyclic amines) is 1. The van der Waals surface area contributed by atoms with Crippen molar-refractivity contribution in [3.8, 4) is 0 Å². The third kappa shape index (κ3) is 5.31. The van der Waals surface area contributed by atoms with Crippen LogP contribution in [0.2, 0.25) is 0 Å². The Morgan fingerprint density at radius 1 is 1.25 bits per heavy atom. The zero-order chi connectivity index (χ0) is 11.8. The Morgan fingerprint density at radius 3 is 2.75 bits per heavy atom. The average Bonchev–Trinajstić information content (AvgIpc) is 2.28. The van der Waals surface area contributed by atoms with Crippen molar-refractivity contribution in [2.45, 2.75) is 64.8 Å². The van der Waals surface area contributed by atoms with Crippen molar-refractivity contribution in [1.82, 2.24) is 4.90 Å². The van der Waals surface area contributed by atoms with Crippen LogP contribution < -0.4 is 0 Å². The molecule has 1 fully saturated rings. The number of nitrogens with zero attached hydrogens (tertiary/aromatic N) is 1. The van der Waals surface area contributed by atoms with Crippen LogP contribution in [-0.4, -0.2) is 35.7 Å². The Morgan fingerprint density at radius 2 is 2.06 bits per heavy atom. The van der Waals surface area contributed by atoms with E-state index in [1.807, 2.05) is 0 Å². The van der Waals surface area contributed by atoms with Crippen LogP contribution in [0.15, 0.2) is 0 Å². The van der Waals surface area contributed by atoms with Crippen molar-refractivity contribution in [1.29, 1.82) is 0 Å². The molecule has 1 aliphatic rings. The topological polar surface area (TPSA) is 23.5 Å². The van der Waals surface area contributed by atoms with Gasteiger partial charge in [-0.1, -0.05) is 20.3 Å². The molecule has 0 amide bonds.